The van der Waals surface area contributed by atoms with Crippen molar-refractivity contribution in [1.82, 2.24) is 15.1 Å². The van der Waals surface area contributed by atoms with Gasteiger partial charge in [-0.2, -0.15) is 5.10 Å². The quantitative estimate of drug-likeness (QED) is 0.494. The fraction of sp³-hybridized carbons (Fsp3) is 0.667. The Morgan fingerprint density at radius 3 is 3.00 bits per heavy atom. The number of rotatable bonds is 11. The van der Waals surface area contributed by atoms with Crippen molar-refractivity contribution in [1.29, 1.82) is 0 Å². The standard InChI is InChI=1S/C15H27N3O/c1-4-5-6-7-8-10-18-13-15(14(2)17-18)12-16-9-11-19-3/h4,13,16H,1,5-12H2,2-3H3. The van der Waals surface area contributed by atoms with Crippen LogP contribution in [0.15, 0.2) is 18.9 Å². The summed E-state index contributed by atoms with van der Waals surface area (Å²) < 4.78 is 7.08. The molecule has 0 saturated heterocycles. The van der Waals surface area contributed by atoms with Crippen molar-refractivity contribution in [3.63, 3.8) is 0 Å². The number of aromatic nitrogens is 2. The highest BCUT2D eigenvalue weighted by Crippen LogP contribution is 2.07. The first-order valence-electron chi connectivity index (χ1n) is 7.11. The van der Waals surface area contributed by atoms with Gasteiger partial charge in [0.2, 0.25) is 0 Å². The summed E-state index contributed by atoms with van der Waals surface area (Å²) in [5, 5.41) is 7.90. The Morgan fingerprint density at radius 1 is 1.42 bits per heavy atom. The second-order valence-electron chi connectivity index (χ2n) is 4.81. The molecule has 4 nitrogen and oxygen atoms in total. The molecule has 0 saturated carbocycles. The Labute approximate surface area is 116 Å². The van der Waals surface area contributed by atoms with Crippen LogP contribution in [0.4, 0.5) is 0 Å². The zero-order valence-corrected chi connectivity index (χ0v) is 12.3. The molecular formula is C15H27N3O. The van der Waals surface area contributed by atoms with Crippen LogP contribution in [0.1, 0.15) is 36.9 Å². The lowest BCUT2D eigenvalue weighted by Gasteiger charge is -2.02. The first-order chi connectivity index (χ1) is 9.27. The monoisotopic (exact) mass is 265 g/mol. The van der Waals surface area contributed by atoms with Gasteiger partial charge in [0.15, 0.2) is 0 Å². The summed E-state index contributed by atoms with van der Waals surface area (Å²) in [5.74, 6) is 0. The van der Waals surface area contributed by atoms with E-state index in [4.69, 9.17) is 4.74 Å². The van der Waals surface area contributed by atoms with Crippen molar-refractivity contribution in [2.45, 2.75) is 45.7 Å². The predicted molar refractivity (Wildman–Crippen MR) is 79.2 cm³/mol. The molecule has 1 heterocycles. The van der Waals surface area contributed by atoms with E-state index in [0.29, 0.717) is 0 Å². The number of unbranched alkanes of at least 4 members (excludes halogenated alkanes) is 3. The maximum absolute atomic E-state index is 5.01. The second kappa shape index (κ2) is 9.75. The van der Waals surface area contributed by atoms with Crippen LogP contribution in [0.25, 0.3) is 0 Å². The van der Waals surface area contributed by atoms with Crippen molar-refractivity contribution in [2.24, 2.45) is 0 Å². The molecule has 0 bridgehead atoms. The van der Waals surface area contributed by atoms with Gasteiger partial charge in [0, 0.05) is 38.5 Å². The molecule has 19 heavy (non-hydrogen) atoms. The minimum atomic E-state index is 0.747. The lowest BCUT2D eigenvalue weighted by atomic mass is 10.2. The smallest absolute Gasteiger partial charge is 0.0638 e. The summed E-state index contributed by atoms with van der Waals surface area (Å²) in [7, 11) is 1.72. The van der Waals surface area contributed by atoms with E-state index in [0.717, 1.165) is 38.4 Å². The van der Waals surface area contributed by atoms with Gasteiger partial charge in [-0.3, -0.25) is 4.68 Å². The number of hydrogen-bond donors (Lipinski definition) is 1. The molecule has 4 heteroatoms. The summed E-state index contributed by atoms with van der Waals surface area (Å²) in [6.45, 7) is 9.31. The summed E-state index contributed by atoms with van der Waals surface area (Å²) in [6.07, 6.45) is 8.92. The van der Waals surface area contributed by atoms with Gasteiger partial charge in [0.25, 0.3) is 0 Å². The van der Waals surface area contributed by atoms with Crippen LogP contribution in [0, 0.1) is 6.92 Å². The molecule has 1 aromatic heterocycles. The zero-order valence-electron chi connectivity index (χ0n) is 12.3. The van der Waals surface area contributed by atoms with Crippen LogP contribution in [0.5, 0.6) is 0 Å². The van der Waals surface area contributed by atoms with Gasteiger partial charge in [-0.25, -0.2) is 0 Å². The molecule has 1 rings (SSSR count). The summed E-state index contributed by atoms with van der Waals surface area (Å²) >= 11 is 0. The molecule has 0 aliphatic heterocycles. The number of allylic oxidation sites excluding steroid dienone is 1. The Morgan fingerprint density at radius 2 is 2.26 bits per heavy atom. The number of aryl methyl sites for hydroxylation is 2. The van der Waals surface area contributed by atoms with E-state index in [2.05, 4.69) is 34.8 Å². The molecule has 108 valence electrons. The normalized spacial score (nSPS) is 10.8. The summed E-state index contributed by atoms with van der Waals surface area (Å²) in [4.78, 5) is 0. The second-order valence-corrected chi connectivity index (χ2v) is 4.81. The third kappa shape index (κ3) is 6.55. The fourth-order valence-corrected chi connectivity index (χ4v) is 1.98. The molecule has 0 spiro atoms. The van der Waals surface area contributed by atoms with Crippen LogP contribution in [0.2, 0.25) is 0 Å². The SMILES string of the molecule is C=CCCCCCn1cc(CNCCOC)c(C)n1. The largest absolute Gasteiger partial charge is 0.383 e. The van der Waals surface area contributed by atoms with E-state index < -0.39 is 0 Å². The number of hydrogen-bond acceptors (Lipinski definition) is 3. The predicted octanol–water partition coefficient (Wildman–Crippen LogP) is 2.67. The van der Waals surface area contributed by atoms with Crippen molar-refractivity contribution in [3.8, 4) is 0 Å². The van der Waals surface area contributed by atoms with Gasteiger partial charge in [-0.05, 0) is 26.2 Å². The third-order valence-corrected chi connectivity index (χ3v) is 3.14. The molecule has 0 aliphatic carbocycles. The average molecular weight is 265 g/mol. The van der Waals surface area contributed by atoms with Crippen LogP contribution >= 0.6 is 0 Å². The number of nitrogens with zero attached hydrogens (tertiary/aromatic N) is 2. The molecule has 1 aromatic rings. The highest BCUT2D eigenvalue weighted by atomic mass is 16.5. The van der Waals surface area contributed by atoms with Crippen molar-refractivity contribution in [3.05, 3.63) is 30.1 Å². The first kappa shape index (κ1) is 15.9. The molecule has 0 aromatic carbocycles. The third-order valence-electron chi connectivity index (χ3n) is 3.14. The fourth-order valence-electron chi connectivity index (χ4n) is 1.98. The molecular weight excluding hydrogens is 238 g/mol. The van der Waals surface area contributed by atoms with E-state index in [9.17, 15) is 0 Å². The molecule has 0 amide bonds. The van der Waals surface area contributed by atoms with Crippen molar-refractivity contribution < 1.29 is 4.74 Å². The number of methoxy groups -OCH3 is 1. The van der Waals surface area contributed by atoms with E-state index in [1.165, 1.54) is 24.8 Å². The molecule has 0 radical (unpaired) electrons. The molecule has 0 unspecified atom stereocenters. The minimum absolute atomic E-state index is 0.747. The summed E-state index contributed by atoms with van der Waals surface area (Å²) in [6, 6.07) is 0. The highest BCUT2D eigenvalue weighted by Gasteiger charge is 2.04. The Hall–Kier alpha value is -1.13. The topological polar surface area (TPSA) is 39.1 Å². The Bertz CT molecular complexity index is 360. The molecule has 1 N–H and O–H groups in total. The molecule has 0 fully saturated rings. The summed E-state index contributed by atoms with van der Waals surface area (Å²) in [5.41, 5.74) is 2.40. The van der Waals surface area contributed by atoms with Crippen LogP contribution in [0.3, 0.4) is 0 Å². The zero-order chi connectivity index (χ0) is 13.9. The minimum Gasteiger partial charge on any atom is -0.383 e. The Balaban J connectivity index is 2.26. The Kier molecular flexibility index (Phi) is 8.18. The lowest BCUT2D eigenvalue weighted by molar-refractivity contribution is 0.199. The number of nitrogens with one attached hydrogen (secondary N) is 1. The average Bonchev–Trinajstić information content (AvgIpc) is 2.75. The van der Waals surface area contributed by atoms with Crippen molar-refractivity contribution in [2.75, 3.05) is 20.3 Å². The van der Waals surface area contributed by atoms with E-state index >= 15 is 0 Å². The van der Waals surface area contributed by atoms with E-state index in [1.54, 1.807) is 7.11 Å². The molecule has 0 aliphatic rings. The van der Waals surface area contributed by atoms with Gasteiger partial charge >= 0.3 is 0 Å². The van der Waals surface area contributed by atoms with Crippen LogP contribution < -0.4 is 5.32 Å². The first-order valence-corrected chi connectivity index (χ1v) is 7.11. The van der Waals surface area contributed by atoms with Crippen LogP contribution in [-0.4, -0.2) is 30.0 Å². The highest BCUT2D eigenvalue weighted by molar-refractivity contribution is 5.14. The van der Waals surface area contributed by atoms with Gasteiger partial charge in [0.05, 0.1) is 12.3 Å². The number of ether oxygens (including phenoxy) is 1. The van der Waals surface area contributed by atoms with Crippen molar-refractivity contribution >= 4 is 0 Å². The maximum Gasteiger partial charge on any atom is 0.0638 e. The van der Waals surface area contributed by atoms with Gasteiger partial charge < -0.3 is 10.1 Å². The van der Waals surface area contributed by atoms with E-state index in [1.807, 2.05) is 6.08 Å². The van der Waals surface area contributed by atoms with Gasteiger partial charge in [-0.15, -0.1) is 6.58 Å². The van der Waals surface area contributed by atoms with Gasteiger partial charge in [-0.1, -0.05) is 12.5 Å². The van der Waals surface area contributed by atoms with E-state index in [-0.39, 0.29) is 0 Å². The van der Waals surface area contributed by atoms with Crippen LogP contribution in [-0.2, 0) is 17.8 Å². The lowest BCUT2D eigenvalue weighted by Crippen LogP contribution is -2.18. The van der Waals surface area contributed by atoms with Gasteiger partial charge in [0.1, 0.15) is 0 Å². The maximum atomic E-state index is 5.01. The molecule has 0 atom stereocenters.